The molecule has 4 aromatic rings. The molecule has 3 aromatic carbocycles. The molecule has 1 amide bonds. The van der Waals surface area contributed by atoms with Crippen molar-refractivity contribution in [3.05, 3.63) is 113 Å². The third-order valence-electron chi connectivity index (χ3n) is 7.79. The summed E-state index contributed by atoms with van der Waals surface area (Å²) >= 11 is 0. The van der Waals surface area contributed by atoms with E-state index in [-0.39, 0.29) is 35.0 Å². The lowest BCUT2D eigenvalue weighted by Crippen LogP contribution is -2.33. The fourth-order valence-electron chi connectivity index (χ4n) is 5.53. The number of anilines is 1. The number of aryl methyl sites for hydroxylation is 2. The summed E-state index contributed by atoms with van der Waals surface area (Å²) in [4.78, 5) is 19.8. The van der Waals surface area contributed by atoms with Crippen molar-refractivity contribution in [2.75, 3.05) is 4.90 Å². The van der Waals surface area contributed by atoms with Gasteiger partial charge < -0.3 is 9.47 Å². The zero-order valence-electron chi connectivity index (χ0n) is 21.8. The van der Waals surface area contributed by atoms with Gasteiger partial charge in [-0.15, -0.1) is 0 Å². The molecule has 3 atom stereocenters. The average molecular weight is 563 g/mol. The van der Waals surface area contributed by atoms with E-state index in [9.17, 15) is 22.0 Å². The van der Waals surface area contributed by atoms with E-state index in [4.69, 9.17) is 0 Å². The van der Waals surface area contributed by atoms with Crippen molar-refractivity contribution < 1.29 is 22.0 Å². The van der Waals surface area contributed by atoms with Crippen LogP contribution >= 0.6 is 0 Å². The smallest absolute Gasteiger partial charge is 0.241 e. The third kappa shape index (κ3) is 5.16. The number of aromatic nitrogens is 2. The van der Waals surface area contributed by atoms with Crippen LogP contribution in [-0.2, 0) is 34.8 Å². The number of fused-ring (bicyclic) bond motifs is 1. The molecule has 40 heavy (non-hydrogen) atoms. The first kappa shape index (κ1) is 26.3. The van der Waals surface area contributed by atoms with Gasteiger partial charge >= 0.3 is 0 Å². The van der Waals surface area contributed by atoms with E-state index in [1.807, 2.05) is 42.1 Å². The van der Waals surface area contributed by atoms with Crippen LogP contribution in [0.1, 0.15) is 47.3 Å². The van der Waals surface area contributed by atoms with Gasteiger partial charge in [-0.2, -0.15) is 0 Å². The highest BCUT2D eigenvalue weighted by Gasteiger charge is 2.46. The van der Waals surface area contributed by atoms with E-state index in [0.717, 1.165) is 22.8 Å². The van der Waals surface area contributed by atoms with Gasteiger partial charge in [-0.05, 0) is 84.3 Å². The number of rotatable bonds is 8. The Morgan fingerprint density at radius 2 is 1.85 bits per heavy atom. The zero-order chi connectivity index (χ0) is 28.0. The Kier molecular flexibility index (Phi) is 6.75. The molecule has 0 radical (unpaired) electrons. The van der Waals surface area contributed by atoms with Crippen LogP contribution in [0.5, 0.6) is 0 Å². The summed E-state index contributed by atoms with van der Waals surface area (Å²) in [6, 6.07) is 16.4. The second-order valence-corrected chi connectivity index (χ2v) is 12.1. The lowest BCUT2D eigenvalue weighted by molar-refractivity contribution is -0.120. The Labute approximate surface area is 231 Å². The third-order valence-corrected chi connectivity index (χ3v) is 9.26. The Bertz CT molecular complexity index is 1700. The number of carbonyl (C=O) groups is 1. The van der Waals surface area contributed by atoms with Gasteiger partial charge in [0.25, 0.3) is 0 Å². The van der Waals surface area contributed by atoms with Gasteiger partial charge in [0.2, 0.25) is 15.9 Å². The summed E-state index contributed by atoms with van der Waals surface area (Å²) < 4.78 is 58.2. The number of hydrogen-bond donors (Lipinski definition) is 1. The fraction of sp³-hybridized carbons (Fsp3) is 0.267. The van der Waals surface area contributed by atoms with Crippen LogP contribution in [0.25, 0.3) is 0 Å². The molecule has 1 N–H and O–H groups in total. The van der Waals surface area contributed by atoms with Crippen LogP contribution in [0.3, 0.4) is 0 Å². The van der Waals surface area contributed by atoms with E-state index in [0.29, 0.717) is 30.8 Å². The molecular formula is C30H28F2N4O3S. The quantitative estimate of drug-likeness (QED) is 0.328. The molecule has 0 unspecified atom stereocenters. The number of nitrogens with zero attached hydrogens (tertiary/aromatic N) is 3. The first-order valence-electron chi connectivity index (χ1n) is 13.1. The second kappa shape index (κ2) is 10.3. The van der Waals surface area contributed by atoms with Crippen LogP contribution in [0.4, 0.5) is 14.5 Å². The minimum atomic E-state index is -3.96. The topological polar surface area (TPSA) is 84.3 Å². The molecule has 206 valence electrons. The molecule has 1 heterocycles. The van der Waals surface area contributed by atoms with Crippen molar-refractivity contribution in [1.29, 1.82) is 0 Å². The van der Waals surface area contributed by atoms with Gasteiger partial charge in [-0.25, -0.2) is 26.9 Å². The van der Waals surface area contributed by atoms with E-state index < -0.39 is 21.9 Å². The van der Waals surface area contributed by atoms with Crippen molar-refractivity contribution in [2.45, 2.75) is 42.7 Å². The number of imidazole rings is 1. The number of halogens is 2. The van der Waals surface area contributed by atoms with Gasteiger partial charge in [-0.1, -0.05) is 24.3 Å². The SMILES string of the molecule is Cn1ccnc1CN(C(=O)[C@@H]1C[C@H]1c1cccc(F)c1)c1ccc2c(c1)[C@@H](NS(=O)(=O)c1cccc(F)c1)CC2. The molecule has 0 bridgehead atoms. The molecule has 7 nitrogen and oxygen atoms in total. The molecule has 0 saturated heterocycles. The lowest BCUT2D eigenvalue weighted by Gasteiger charge is -2.25. The number of nitrogens with one attached hydrogen (secondary N) is 1. The van der Waals surface area contributed by atoms with E-state index in [2.05, 4.69) is 9.71 Å². The zero-order valence-corrected chi connectivity index (χ0v) is 22.6. The van der Waals surface area contributed by atoms with Crippen LogP contribution in [-0.4, -0.2) is 23.9 Å². The van der Waals surface area contributed by atoms with Gasteiger partial charge in [-0.3, -0.25) is 4.79 Å². The van der Waals surface area contributed by atoms with Crippen molar-refractivity contribution in [3.63, 3.8) is 0 Å². The highest BCUT2D eigenvalue weighted by molar-refractivity contribution is 7.89. The molecule has 1 aromatic heterocycles. The van der Waals surface area contributed by atoms with E-state index in [1.54, 1.807) is 17.2 Å². The maximum Gasteiger partial charge on any atom is 0.241 e. The Balaban J connectivity index is 1.30. The Morgan fingerprint density at radius 3 is 2.58 bits per heavy atom. The monoisotopic (exact) mass is 562 g/mol. The molecule has 2 aliphatic carbocycles. The van der Waals surface area contributed by atoms with Crippen molar-refractivity contribution in [1.82, 2.24) is 14.3 Å². The van der Waals surface area contributed by atoms with Gasteiger partial charge in [0.1, 0.15) is 17.5 Å². The van der Waals surface area contributed by atoms with Gasteiger partial charge in [0.15, 0.2) is 0 Å². The van der Waals surface area contributed by atoms with Crippen molar-refractivity contribution in [3.8, 4) is 0 Å². The summed E-state index contributed by atoms with van der Waals surface area (Å²) in [5.74, 6) is -0.708. The Morgan fingerprint density at radius 1 is 1.07 bits per heavy atom. The second-order valence-electron chi connectivity index (χ2n) is 10.4. The molecule has 10 heteroatoms. The first-order valence-corrected chi connectivity index (χ1v) is 14.6. The maximum atomic E-state index is 13.9. The number of carbonyl (C=O) groups excluding carboxylic acids is 1. The van der Waals surface area contributed by atoms with E-state index in [1.165, 1.54) is 30.3 Å². The van der Waals surface area contributed by atoms with Crippen LogP contribution in [0.15, 0.2) is 84.0 Å². The van der Waals surface area contributed by atoms with Crippen LogP contribution in [0, 0.1) is 17.6 Å². The van der Waals surface area contributed by atoms with Crippen LogP contribution < -0.4 is 9.62 Å². The average Bonchev–Trinajstić information content (AvgIpc) is 3.50. The number of amides is 1. The van der Waals surface area contributed by atoms with Gasteiger partial charge in [0.05, 0.1) is 11.4 Å². The number of benzene rings is 3. The molecule has 0 aliphatic heterocycles. The molecule has 0 spiro atoms. The predicted octanol–water partition coefficient (Wildman–Crippen LogP) is 5.00. The summed E-state index contributed by atoms with van der Waals surface area (Å²) in [7, 11) is -2.11. The minimum absolute atomic E-state index is 0.0627. The summed E-state index contributed by atoms with van der Waals surface area (Å²) in [5, 5.41) is 0. The molecule has 6 rings (SSSR count). The fourth-order valence-corrected chi connectivity index (χ4v) is 6.81. The van der Waals surface area contributed by atoms with Crippen molar-refractivity contribution >= 4 is 21.6 Å². The van der Waals surface area contributed by atoms with E-state index >= 15 is 0 Å². The molecule has 2 aliphatic rings. The Hall–Kier alpha value is -3.89. The predicted molar refractivity (Wildman–Crippen MR) is 146 cm³/mol. The maximum absolute atomic E-state index is 13.9. The standard InChI is InChI=1S/C30H28F2N4O3S/c1-35-13-12-33-29(35)18-36(30(37)27-17-25(27)20-4-2-5-21(31)14-20)23-10-8-19-9-11-28(26(19)16-23)34-40(38,39)24-7-3-6-22(32)15-24/h2-8,10,12-16,25,27-28,34H,9,11,17-18H2,1H3/t25-,27+,28-/m0/s1. The van der Waals surface area contributed by atoms with Crippen molar-refractivity contribution in [2.24, 2.45) is 13.0 Å². The number of sulfonamides is 1. The molecular weight excluding hydrogens is 534 g/mol. The minimum Gasteiger partial charge on any atom is -0.337 e. The summed E-state index contributed by atoms with van der Waals surface area (Å²) in [6.45, 7) is 0.229. The summed E-state index contributed by atoms with van der Waals surface area (Å²) in [6.07, 6.45) is 5.32. The highest BCUT2D eigenvalue weighted by Crippen LogP contribution is 2.49. The van der Waals surface area contributed by atoms with Gasteiger partial charge in [0, 0.05) is 37.1 Å². The normalized spacial score (nSPS) is 19.8. The molecule has 1 saturated carbocycles. The summed E-state index contributed by atoms with van der Waals surface area (Å²) in [5.41, 5.74) is 3.21. The van der Waals surface area contributed by atoms with Crippen LogP contribution in [0.2, 0.25) is 0 Å². The highest BCUT2D eigenvalue weighted by atomic mass is 32.2. The largest absolute Gasteiger partial charge is 0.337 e. The lowest BCUT2D eigenvalue weighted by atomic mass is 10.1. The molecule has 1 fully saturated rings. The first-order chi connectivity index (χ1) is 19.2. The number of hydrogen-bond acceptors (Lipinski definition) is 4.